The van der Waals surface area contributed by atoms with Crippen molar-refractivity contribution in [1.29, 1.82) is 0 Å². The molecule has 1 aromatic heterocycles. The summed E-state index contributed by atoms with van der Waals surface area (Å²) in [5, 5.41) is 0. The Balaban J connectivity index is 2.22. The monoisotopic (exact) mass is 214 g/mol. The van der Waals surface area contributed by atoms with Crippen LogP contribution in [0.15, 0.2) is 42.9 Å². The Morgan fingerprint density at radius 2 is 2.06 bits per heavy atom. The number of nitrogens with zero attached hydrogens (tertiary/aromatic N) is 2. The summed E-state index contributed by atoms with van der Waals surface area (Å²) in [5.41, 5.74) is 1.86. The molecule has 82 valence electrons. The first-order valence-electron chi connectivity index (χ1n) is 5.38. The number of carbonyl (C=O) groups excluding carboxylic acids is 1. The summed E-state index contributed by atoms with van der Waals surface area (Å²) in [6, 6.07) is 10.1. The van der Waals surface area contributed by atoms with Gasteiger partial charge >= 0.3 is 0 Å². The molecule has 0 saturated carbocycles. The zero-order valence-electron chi connectivity index (χ0n) is 9.26. The number of ketones is 1. The van der Waals surface area contributed by atoms with Crippen LogP contribution in [0.5, 0.6) is 0 Å². The van der Waals surface area contributed by atoms with Crippen LogP contribution < -0.4 is 0 Å². The molecule has 2 rings (SSSR count). The van der Waals surface area contributed by atoms with Crippen LogP contribution >= 0.6 is 0 Å². The van der Waals surface area contributed by atoms with Crippen molar-refractivity contribution in [3.63, 3.8) is 0 Å². The summed E-state index contributed by atoms with van der Waals surface area (Å²) in [6.07, 6.45) is 3.85. The van der Waals surface area contributed by atoms with Crippen molar-refractivity contribution in [2.75, 3.05) is 0 Å². The van der Waals surface area contributed by atoms with Crippen molar-refractivity contribution in [2.45, 2.75) is 19.9 Å². The Bertz CT molecular complexity index is 474. The van der Waals surface area contributed by atoms with Gasteiger partial charge in [-0.1, -0.05) is 37.3 Å². The molecular weight excluding hydrogens is 200 g/mol. The van der Waals surface area contributed by atoms with Gasteiger partial charge in [-0.2, -0.15) is 0 Å². The zero-order chi connectivity index (χ0) is 11.4. The van der Waals surface area contributed by atoms with E-state index in [1.54, 1.807) is 12.5 Å². The van der Waals surface area contributed by atoms with Gasteiger partial charge < -0.3 is 4.57 Å². The van der Waals surface area contributed by atoms with E-state index in [9.17, 15) is 4.79 Å². The third-order valence-corrected chi connectivity index (χ3v) is 2.51. The average Bonchev–Trinajstić information content (AvgIpc) is 2.77. The lowest BCUT2D eigenvalue weighted by molar-refractivity contribution is 0.0979. The first-order valence-corrected chi connectivity index (χ1v) is 5.38. The van der Waals surface area contributed by atoms with Crippen LogP contribution in [0.2, 0.25) is 0 Å². The standard InChI is InChI=1S/C13H14N2O/c1-2-13(16)12-8-14-10-15(12)9-11-6-4-3-5-7-11/h3-8,10H,2,9H2,1H3. The summed E-state index contributed by atoms with van der Waals surface area (Å²) >= 11 is 0. The fourth-order valence-electron chi connectivity index (χ4n) is 1.64. The maximum atomic E-state index is 11.6. The molecule has 0 atom stereocenters. The number of benzene rings is 1. The Hall–Kier alpha value is -1.90. The van der Waals surface area contributed by atoms with Crippen molar-refractivity contribution >= 4 is 5.78 Å². The highest BCUT2D eigenvalue weighted by atomic mass is 16.1. The second kappa shape index (κ2) is 4.75. The molecule has 0 aliphatic carbocycles. The minimum atomic E-state index is 0.133. The molecule has 0 saturated heterocycles. The third-order valence-electron chi connectivity index (χ3n) is 2.51. The predicted molar refractivity (Wildman–Crippen MR) is 62.4 cm³/mol. The molecule has 0 radical (unpaired) electrons. The Morgan fingerprint density at radius 3 is 2.75 bits per heavy atom. The largest absolute Gasteiger partial charge is 0.324 e. The SMILES string of the molecule is CCC(=O)c1cncn1Cc1ccccc1. The first-order chi connectivity index (χ1) is 7.81. The van der Waals surface area contributed by atoms with E-state index in [1.165, 1.54) is 5.56 Å². The van der Waals surface area contributed by atoms with E-state index in [2.05, 4.69) is 4.98 Å². The summed E-state index contributed by atoms with van der Waals surface area (Å²) in [6.45, 7) is 2.56. The molecular formula is C13H14N2O. The normalized spacial score (nSPS) is 10.3. The van der Waals surface area contributed by atoms with Crippen LogP contribution in [-0.4, -0.2) is 15.3 Å². The van der Waals surface area contributed by atoms with E-state index >= 15 is 0 Å². The second-order valence-corrected chi connectivity index (χ2v) is 3.67. The number of carbonyl (C=O) groups is 1. The van der Waals surface area contributed by atoms with Crippen molar-refractivity contribution in [3.8, 4) is 0 Å². The maximum absolute atomic E-state index is 11.6. The van der Waals surface area contributed by atoms with E-state index in [1.807, 2.05) is 41.8 Å². The van der Waals surface area contributed by atoms with Gasteiger partial charge in [0.2, 0.25) is 0 Å². The quantitative estimate of drug-likeness (QED) is 0.733. The summed E-state index contributed by atoms with van der Waals surface area (Å²) < 4.78 is 1.89. The topological polar surface area (TPSA) is 34.9 Å². The van der Waals surface area contributed by atoms with Gasteiger partial charge in [0.15, 0.2) is 5.78 Å². The van der Waals surface area contributed by atoms with Crippen molar-refractivity contribution < 1.29 is 4.79 Å². The highest BCUT2D eigenvalue weighted by Crippen LogP contribution is 2.07. The molecule has 3 nitrogen and oxygen atoms in total. The van der Waals surface area contributed by atoms with Gasteiger partial charge in [-0.05, 0) is 5.56 Å². The molecule has 0 bridgehead atoms. The molecule has 0 aliphatic heterocycles. The molecule has 0 aliphatic rings. The van der Waals surface area contributed by atoms with Crippen molar-refractivity contribution in [2.24, 2.45) is 0 Å². The molecule has 1 aromatic carbocycles. The molecule has 1 heterocycles. The zero-order valence-corrected chi connectivity index (χ0v) is 9.26. The van der Waals surface area contributed by atoms with Crippen LogP contribution in [-0.2, 0) is 6.54 Å². The molecule has 0 amide bonds. The number of aromatic nitrogens is 2. The van der Waals surface area contributed by atoms with E-state index in [4.69, 9.17) is 0 Å². The van der Waals surface area contributed by atoms with Crippen LogP contribution in [0.1, 0.15) is 29.4 Å². The van der Waals surface area contributed by atoms with E-state index < -0.39 is 0 Å². The van der Waals surface area contributed by atoms with Gasteiger partial charge in [0, 0.05) is 13.0 Å². The summed E-state index contributed by atoms with van der Waals surface area (Å²) in [5.74, 6) is 0.133. The lowest BCUT2D eigenvalue weighted by Crippen LogP contribution is -2.08. The van der Waals surface area contributed by atoms with Crippen molar-refractivity contribution in [1.82, 2.24) is 9.55 Å². The molecule has 0 N–H and O–H groups in total. The molecule has 2 aromatic rings. The number of hydrogen-bond donors (Lipinski definition) is 0. The minimum absolute atomic E-state index is 0.133. The lowest BCUT2D eigenvalue weighted by atomic mass is 10.2. The fourth-order valence-corrected chi connectivity index (χ4v) is 1.64. The van der Waals surface area contributed by atoms with Gasteiger partial charge in [0.1, 0.15) is 5.69 Å². The highest BCUT2D eigenvalue weighted by molar-refractivity contribution is 5.94. The van der Waals surface area contributed by atoms with Crippen LogP contribution in [0.4, 0.5) is 0 Å². The van der Waals surface area contributed by atoms with Crippen LogP contribution in [0.25, 0.3) is 0 Å². The Kier molecular flexibility index (Phi) is 3.15. The smallest absolute Gasteiger partial charge is 0.180 e. The van der Waals surface area contributed by atoms with E-state index in [0.717, 1.165) is 0 Å². The Labute approximate surface area is 94.7 Å². The number of Topliss-reactive ketones (excluding diaryl/α,β-unsaturated/α-hetero) is 1. The number of rotatable bonds is 4. The second-order valence-electron chi connectivity index (χ2n) is 3.67. The van der Waals surface area contributed by atoms with Gasteiger partial charge in [-0.3, -0.25) is 4.79 Å². The molecule has 3 heteroatoms. The van der Waals surface area contributed by atoms with Gasteiger partial charge in [0.05, 0.1) is 12.5 Å². The summed E-state index contributed by atoms with van der Waals surface area (Å²) in [4.78, 5) is 15.7. The summed E-state index contributed by atoms with van der Waals surface area (Å²) in [7, 11) is 0. The average molecular weight is 214 g/mol. The van der Waals surface area contributed by atoms with E-state index in [-0.39, 0.29) is 5.78 Å². The maximum Gasteiger partial charge on any atom is 0.180 e. The van der Waals surface area contributed by atoms with Gasteiger partial charge in [0.25, 0.3) is 0 Å². The van der Waals surface area contributed by atoms with Crippen LogP contribution in [0.3, 0.4) is 0 Å². The third kappa shape index (κ3) is 2.19. The number of hydrogen-bond acceptors (Lipinski definition) is 2. The van der Waals surface area contributed by atoms with Crippen molar-refractivity contribution in [3.05, 3.63) is 54.1 Å². The first kappa shape index (κ1) is 10.6. The molecule has 16 heavy (non-hydrogen) atoms. The van der Waals surface area contributed by atoms with Gasteiger partial charge in [-0.15, -0.1) is 0 Å². The molecule has 0 unspecified atom stereocenters. The molecule has 0 fully saturated rings. The van der Waals surface area contributed by atoms with Crippen LogP contribution in [0, 0.1) is 0 Å². The number of imidazole rings is 1. The fraction of sp³-hybridized carbons (Fsp3) is 0.231. The minimum Gasteiger partial charge on any atom is -0.324 e. The lowest BCUT2D eigenvalue weighted by Gasteiger charge is -2.06. The van der Waals surface area contributed by atoms with Gasteiger partial charge in [-0.25, -0.2) is 4.98 Å². The highest BCUT2D eigenvalue weighted by Gasteiger charge is 2.09. The Morgan fingerprint density at radius 1 is 1.31 bits per heavy atom. The predicted octanol–water partition coefficient (Wildman–Crippen LogP) is 2.52. The molecule has 0 spiro atoms. The van der Waals surface area contributed by atoms with E-state index in [0.29, 0.717) is 18.7 Å².